The summed E-state index contributed by atoms with van der Waals surface area (Å²) in [6.45, 7) is 5.60. The van der Waals surface area contributed by atoms with Crippen molar-refractivity contribution in [2.45, 2.75) is 31.7 Å². The summed E-state index contributed by atoms with van der Waals surface area (Å²) in [5.74, 6) is 1.66. The molecule has 0 aromatic rings. The van der Waals surface area contributed by atoms with Gasteiger partial charge in [0.15, 0.2) is 0 Å². The number of nitrogens with two attached hydrogens (primary N) is 1. The smallest absolute Gasteiger partial charge is 0.369 e. The molecule has 0 radical (unpaired) electrons. The van der Waals surface area contributed by atoms with Crippen LogP contribution in [-0.2, 0) is 4.74 Å². The third-order valence-electron chi connectivity index (χ3n) is 5.61. The summed E-state index contributed by atoms with van der Waals surface area (Å²) in [6.07, 6.45) is 4.91. The quantitative estimate of drug-likeness (QED) is 0.724. The molecule has 3 saturated heterocycles. The summed E-state index contributed by atoms with van der Waals surface area (Å²) in [4.78, 5) is 11.9. The second-order valence-corrected chi connectivity index (χ2v) is 6.44. The lowest BCUT2D eigenvalue weighted by atomic mass is 9.78. The van der Waals surface area contributed by atoms with Crippen LogP contribution >= 0.6 is 0 Å². The van der Waals surface area contributed by atoms with Crippen molar-refractivity contribution in [2.24, 2.45) is 17.6 Å². The van der Waals surface area contributed by atoms with Gasteiger partial charge in [0.1, 0.15) is 19.3 Å². The van der Waals surface area contributed by atoms with Crippen molar-refractivity contribution < 1.29 is 14.0 Å². The number of nitrogens with zero attached hydrogens (tertiary/aromatic N) is 1. The maximum absolute atomic E-state index is 11.9. The SMILES string of the molecule is NC(=O)[N+]1(C2COC2)CCC(C2CCNCC2)CC1. The number of likely N-dealkylation sites (tertiary alicyclic amines) is 1. The highest BCUT2D eigenvalue weighted by atomic mass is 16.5. The molecule has 3 fully saturated rings. The molecule has 3 rings (SSSR count). The van der Waals surface area contributed by atoms with Crippen molar-refractivity contribution in [1.82, 2.24) is 5.32 Å². The number of urea groups is 1. The van der Waals surface area contributed by atoms with Crippen LogP contribution in [0.2, 0.25) is 0 Å². The van der Waals surface area contributed by atoms with Crippen LogP contribution in [0.25, 0.3) is 0 Å². The Kier molecular flexibility index (Phi) is 3.78. The number of hydrogen-bond acceptors (Lipinski definition) is 3. The van der Waals surface area contributed by atoms with Crippen LogP contribution in [0.3, 0.4) is 0 Å². The lowest BCUT2D eigenvalue weighted by Gasteiger charge is -2.49. The van der Waals surface area contributed by atoms with E-state index in [1.165, 1.54) is 12.8 Å². The highest BCUT2D eigenvalue weighted by molar-refractivity contribution is 5.64. The van der Waals surface area contributed by atoms with Gasteiger partial charge in [-0.1, -0.05) is 0 Å². The van der Waals surface area contributed by atoms with Gasteiger partial charge in [-0.25, -0.2) is 9.28 Å². The van der Waals surface area contributed by atoms with Gasteiger partial charge in [0.05, 0.1) is 13.1 Å². The predicted molar refractivity (Wildman–Crippen MR) is 72.5 cm³/mol. The molecule has 19 heavy (non-hydrogen) atoms. The van der Waals surface area contributed by atoms with Crippen LogP contribution in [0.1, 0.15) is 25.7 Å². The molecule has 0 saturated carbocycles. The molecular formula is C14H26N3O2+. The lowest BCUT2D eigenvalue weighted by Crippen LogP contribution is -2.70. The molecule has 5 heteroatoms. The number of primary amides is 1. The molecule has 108 valence electrons. The zero-order valence-electron chi connectivity index (χ0n) is 11.6. The first-order valence-electron chi connectivity index (χ1n) is 7.67. The molecule has 3 aliphatic heterocycles. The van der Waals surface area contributed by atoms with Gasteiger partial charge in [-0.15, -0.1) is 0 Å². The summed E-state index contributed by atoms with van der Waals surface area (Å²) >= 11 is 0. The largest absolute Gasteiger partial charge is 0.414 e. The van der Waals surface area contributed by atoms with Crippen molar-refractivity contribution in [3.63, 3.8) is 0 Å². The second-order valence-electron chi connectivity index (χ2n) is 6.44. The van der Waals surface area contributed by atoms with Crippen LogP contribution in [0.5, 0.6) is 0 Å². The van der Waals surface area contributed by atoms with Gasteiger partial charge in [-0.05, 0) is 37.8 Å². The Balaban J connectivity index is 1.61. The summed E-state index contributed by atoms with van der Waals surface area (Å²) in [7, 11) is 0. The van der Waals surface area contributed by atoms with Crippen molar-refractivity contribution >= 4 is 6.03 Å². The van der Waals surface area contributed by atoms with Crippen LogP contribution in [0, 0.1) is 11.8 Å². The highest BCUT2D eigenvalue weighted by Gasteiger charge is 2.49. The summed E-state index contributed by atoms with van der Waals surface area (Å²) in [5, 5.41) is 3.43. The molecule has 0 atom stereocenters. The van der Waals surface area contributed by atoms with Gasteiger partial charge in [0, 0.05) is 12.8 Å². The van der Waals surface area contributed by atoms with Crippen LogP contribution in [0.4, 0.5) is 4.79 Å². The third-order valence-corrected chi connectivity index (χ3v) is 5.61. The number of nitrogens with one attached hydrogen (secondary N) is 1. The summed E-state index contributed by atoms with van der Waals surface area (Å²) in [5.41, 5.74) is 5.70. The fraction of sp³-hybridized carbons (Fsp3) is 0.929. The van der Waals surface area contributed by atoms with Gasteiger partial charge in [-0.3, -0.25) is 0 Å². The van der Waals surface area contributed by atoms with Gasteiger partial charge in [0.25, 0.3) is 0 Å². The van der Waals surface area contributed by atoms with Crippen LogP contribution in [-0.4, -0.2) is 55.9 Å². The van der Waals surface area contributed by atoms with Crippen molar-refractivity contribution in [2.75, 3.05) is 39.4 Å². The van der Waals surface area contributed by atoms with E-state index in [1.807, 2.05) is 0 Å². The second kappa shape index (κ2) is 5.38. The van der Waals surface area contributed by atoms with E-state index in [1.54, 1.807) is 0 Å². The predicted octanol–water partition coefficient (Wildman–Crippen LogP) is 0.690. The zero-order valence-corrected chi connectivity index (χ0v) is 11.6. The Bertz CT molecular complexity index is 330. The number of amides is 2. The van der Waals surface area contributed by atoms with Crippen molar-refractivity contribution in [3.05, 3.63) is 0 Å². The van der Waals surface area contributed by atoms with E-state index in [9.17, 15) is 4.79 Å². The Labute approximate surface area is 115 Å². The van der Waals surface area contributed by atoms with E-state index in [0.29, 0.717) is 23.7 Å². The molecule has 0 aromatic heterocycles. The lowest BCUT2D eigenvalue weighted by molar-refractivity contribution is -0.891. The maximum Gasteiger partial charge on any atom is 0.414 e. The zero-order chi connectivity index (χ0) is 13.3. The topological polar surface area (TPSA) is 64.4 Å². The van der Waals surface area contributed by atoms with Crippen molar-refractivity contribution in [3.8, 4) is 0 Å². The Morgan fingerprint density at radius 1 is 1.05 bits per heavy atom. The minimum absolute atomic E-state index is 0.142. The molecule has 0 aromatic carbocycles. The molecule has 0 unspecified atom stereocenters. The number of ether oxygens (including phenoxy) is 1. The molecule has 3 heterocycles. The average molecular weight is 268 g/mol. The van der Waals surface area contributed by atoms with E-state index in [2.05, 4.69) is 5.32 Å². The molecule has 5 nitrogen and oxygen atoms in total. The molecule has 3 aliphatic rings. The number of rotatable bonds is 2. The number of quaternary nitrogens is 1. The molecule has 0 bridgehead atoms. The average Bonchev–Trinajstić information content (AvgIpc) is 2.38. The fourth-order valence-corrected chi connectivity index (χ4v) is 4.11. The van der Waals surface area contributed by atoms with E-state index >= 15 is 0 Å². The highest BCUT2D eigenvalue weighted by Crippen LogP contribution is 2.36. The van der Waals surface area contributed by atoms with E-state index in [4.69, 9.17) is 10.5 Å². The molecule has 2 amide bonds. The molecule has 0 aliphatic carbocycles. The monoisotopic (exact) mass is 268 g/mol. The van der Waals surface area contributed by atoms with Crippen LogP contribution in [0.15, 0.2) is 0 Å². The van der Waals surface area contributed by atoms with Gasteiger partial charge < -0.3 is 15.8 Å². The van der Waals surface area contributed by atoms with Crippen molar-refractivity contribution in [1.29, 1.82) is 0 Å². The number of hydrogen-bond donors (Lipinski definition) is 2. The molecular weight excluding hydrogens is 242 g/mol. The minimum Gasteiger partial charge on any atom is -0.369 e. The summed E-state index contributed by atoms with van der Waals surface area (Å²) in [6, 6.07) is 0.184. The van der Waals surface area contributed by atoms with Gasteiger partial charge in [0.2, 0.25) is 0 Å². The van der Waals surface area contributed by atoms with E-state index in [-0.39, 0.29) is 6.03 Å². The van der Waals surface area contributed by atoms with E-state index < -0.39 is 0 Å². The maximum atomic E-state index is 11.9. The van der Waals surface area contributed by atoms with Crippen LogP contribution < -0.4 is 11.1 Å². The normalized spacial score (nSPS) is 37.8. The first kappa shape index (κ1) is 13.3. The number of carbonyl (C=O) groups excluding carboxylic acids is 1. The van der Waals surface area contributed by atoms with Gasteiger partial charge in [-0.2, -0.15) is 0 Å². The molecule has 3 N–H and O–H groups in total. The number of carbonyl (C=O) groups is 1. The standard InChI is InChI=1S/C14H25N3O2/c15-14(18)17(13-9-19-10-13)7-3-12(4-8-17)11-1-5-16-6-2-11/h11-13,16H,1-10H2,(H-,15,18)/p+1. The Morgan fingerprint density at radius 2 is 1.63 bits per heavy atom. The molecule has 0 spiro atoms. The fourth-order valence-electron chi connectivity index (χ4n) is 4.11. The minimum atomic E-state index is -0.142. The first-order valence-corrected chi connectivity index (χ1v) is 7.67. The summed E-state index contributed by atoms with van der Waals surface area (Å²) < 4.78 is 5.76. The third kappa shape index (κ3) is 2.39. The Hall–Kier alpha value is -0.650. The first-order chi connectivity index (χ1) is 9.22. The van der Waals surface area contributed by atoms with Gasteiger partial charge >= 0.3 is 6.03 Å². The number of piperidine rings is 2. The van der Waals surface area contributed by atoms with E-state index in [0.717, 1.165) is 50.9 Å². The Morgan fingerprint density at radius 3 is 2.11 bits per heavy atom.